The molecule has 32 heavy (non-hydrogen) atoms. The van der Waals surface area contributed by atoms with E-state index in [1.165, 1.54) is 18.3 Å². The molecule has 0 bridgehead atoms. The second-order valence-corrected chi connectivity index (χ2v) is 8.83. The van der Waals surface area contributed by atoms with E-state index in [2.05, 4.69) is 14.7 Å². The number of ether oxygens (including phenoxy) is 1. The van der Waals surface area contributed by atoms with E-state index < -0.39 is 63.7 Å². The molecular weight excluding hydrogens is 453 g/mol. The third-order valence-corrected chi connectivity index (χ3v) is 6.69. The molecule has 2 N–H and O–H groups in total. The molecule has 3 rings (SSSR count). The molecule has 13 heteroatoms. The van der Waals surface area contributed by atoms with Crippen molar-refractivity contribution in [2.24, 2.45) is 0 Å². The zero-order chi connectivity index (χ0) is 23.7. The molecule has 2 heterocycles. The van der Waals surface area contributed by atoms with Gasteiger partial charge in [0.05, 0.1) is 24.6 Å². The first-order chi connectivity index (χ1) is 14.9. The topological polar surface area (TPSA) is 109 Å². The van der Waals surface area contributed by atoms with Crippen LogP contribution in [0.15, 0.2) is 41.4 Å². The Kier molecular flexibility index (Phi) is 6.13. The number of alkyl halides is 3. The number of halogens is 3. The minimum Gasteiger partial charge on any atom is -0.482 e. The number of hydrogen-bond acceptors (Lipinski definition) is 6. The Morgan fingerprint density at radius 1 is 1.25 bits per heavy atom. The van der Waals surface area contributed by atoms with Gasteiger partial charge in [-0.1, -0.05) is 18.7 Å². The summed E-state index contributed by atoms with van der Waals surface area (Å²) in [5.41, 5.74) is -3.93. The molecule has 1 aromatic carbocycles. The maximum absolute atomic E-state index is 13.1. The predicted molar refractivity (Wildman–Crippen MR) is 103 cm³/mol. The van der Waals surface area contributed by atoms with Crippen LogP contribution in [0, 0.1) is 13.1 Å². The molecule has 0 unspecified atom stereocenters. The Morgan fingerprint density at radius 3 is 2.50 bits per heavy atom. The van der Waals surface area contributed by atoms with E-state index in [-0.39, 0.29) is 11.6 Å². The lowest BCUT2D eigenvalue weighted by Crippen LogP contribution is -2.48. The van der Waals surface area contributed by atoms with Gasteiger partial charge in [-0.05, 0) is 18.2 Å². The standard InChI is InChI=1S/C19H15F3N4O5S/c1-23-14-7-12(19(20,21)22)3-5-15(14)32(29,30)26-9-16(18(28,10-26)11-27)31-13-4-6-17(24-2)25-8-13/h3-8,16,27-28H,9-11H2/t16-,18+/m0/s1. The molecule has 0 radical (unpaired) electrons. The number of sulfonamides is 1. The molecule has 0 aliphatic carbocycles. The fourth-order valence-electron chi connectivity index (χ4n) is 3.12. The van der Waals surface area contributed by atoms with Crippen LogP contribution >= 0.6 is 0 Å². The first-order valence-corrected chi connectivity index (χ1v) is 10.3. The number of hydrogen-bond donors (Lipinski definition) is 2. The summed E-state index contributed by atoms with van der Waals surface area (Å²) in [7, 11) is -4.52. The highest BCUT2D eigenvalue weighted by Crippen LogP contribution is 2.38. The van der Waals surface area contributed by atoms with Crippen LogP contribution in [0.2, 0.25) is 0 Å². The van der Waals surface area contributed by atoms with Gasteiger partial charge in [0.2, 0.25) is 15.7 Å². The number of nitrogens with zero attached hydrogens (tertiary/aromatic N) is 4. The summed E-state index contributed by atoms with van der Waals surface area (Å²) < 4.78 is 71.2. The third-order valence-electron chi connectivity index (χ3n) is 4.83. The van der Waals surface area contributed by atoms with Crippen LogP contribution in [-0.4, -0.2) is 59.3 Å². The number of aromatic nitrogens is 1. The average Bonchev–Trinajstić information content (AvgIpc) is 3.10. The van der Waals surface area contributed by atoms with E-state index in [4.69, 9.17) is 17.9 Å². The van der Waals surface area contributed by atoms with Crippen molar-refractivity contribution in [3.05, 3.63) is 64.9 Å². The maximum atomic E-state index is 13.1. The second-order valence-electron chi connectivity index (χ2n) is 6.92. The van der Waals surface area contributed by atoms with Gasteiger partial charge in [-0.25, -0.2) is 13.3 Å². The van der Waals surface area contributed by atoms with Crippen molar-refractivity contribution in [3.8, 4) is 5.75 Å². The molecule has 1 fully saturated rings. The van der Waals surface area contributed by atoms with E-state index in [0.717, 1.165) is 4.31 Å². The first kappa shape index (κ1) is 23.4. The van der Waals surface area contributed by atoms with E-state index in [1.807, 2.05) is 0 Å². The lowest BCUT2D eigenvalue weighted by Gasteiger charge is -2.26. The molecule has 1 aromatic heterocycles. The molecule has 1 aliphatic heterocycles. The number of aliphatic hydroxyl groups excluding tert-OH is 1. The van der Waals surface area contributed by atoms with Crippen molar-refractivity contribution in [3.63, 3.8) is 0 Å². The van der Waals surface area contributed by atoms with Gasteiger partial charge in [-0.15, -0.1) is 4.98 Å². The molecule has 0 amide bonds. The van der Waals surface area contributed by atoms with Gasteiger partial charge in [0.1, 0.15) is 11.7 Å². The van der Waals surface area contributed by atoms with Gasteiger partial charge in [0.15, 0.2) is 11.9 Å². The van der Waals surface area contributed by atoms with E-state index >= 15 is 0 Å². The van der Waals surface area contributed by atoms with Crippen molar-refractivity contribution >= 4 is 21.5 Å². The number of β-amino-alcohol motifs (C(OH)–C–C–N with tert-alkyl or cyclic N) is 1. The van der Waals surface area contributed by atoms with Gasteiger partial charge in [-0.2, -0.15) is 17.5 Å². The van der Waals surface area contributed by atoms with Gasteiger partial charge < -0.3 is 19.8 Å². The maximum Gasteiger partial charge on any atom is 0.415 e. The van der Waals surface area contributed by atoms with Gasteiger partial charge >= 0.3 is 6.18 Å². The molecule has 0 spiro atoms. The Bertz CT molecular complexity index is 1210. The minimum absolute atomic E-state index is 0.0828. The van der Waals surface area contributed by atoms with Crippen molar-refractivity contribution in [1.29, 1.82) is 0 Å². The number of benzene rings is 1. The molecule has 1 saturated heterocycles. The van der Waals surface area contributed by atoms with E-state index in [1.54, 1.807) is 0 Å². The van der Waals surface area contributed by atoms with Crippen molar-refractivity contribution in [1.82, 2.24) is 9.29 Å². The summed E-state index contributed by atoms with van der Waals surface area (Å²) in [6, 6.07) is 4.39. The smallest absolute Gasteiger partial charge is 0.415 e. The SMILES string of the molecule is [C-]#[N+]c1ccc(O[C@H]2CN(S(=O)(=O)c3ccc(C(F)(F)F)cc3[N+]#[C-])C[C@@]2(O)CO)cn1. The van der Waals surface area contributed by atoms with Crippen LogP contribution in [0.5, 0.6) is 5.75 Å². The number of rotatable bonds is 5. The fraction of sp³-hybridized carbons (Fsp3) is 0.316. The minimum atomic E-state index is -4.76. The normalized spacial score (nSPS) is 21.7. The molecule has 2 aromatic rings. The molecule has 9 nitrogen and oxygen atoms in total. The Balaban J connectivity index is 1.92. The molecular formula is C19H15F3N4O5S. The quantitative estimate of drug-likeness (QED) is 0.653. The summed E-state index contributed by atoms with van der Waals surface area (Å²) >= 11 is 0. The fourth-order valence-corrected chi connectivity index (χ4v) is 4.73. The van der Waals surface area contributed by atoms with E-state index in [9.17, 15) is 31.8 Å². The largest absolute Gasteiger partial charge is 0.482 e. The summed E-state index contributed by atoms with van der Waals surface area (Å²) in [5.74, 6) is 0.185. The van der Waals surface area contributed by atoms with Crippen LogP contribution < -0.4 is 4.74 Å². The predicted octanol–water partition coefficient (Wildman–Crippen LogP) is 2.38. The molecule has 2 atom stereocenters. The van der Waals surface area contributed by atoms with Crippen LogP contribution in [0.1, 0.15) is 5.56 Å². The molecule has 168 valence electrons. The van der Waals surface area contributed by atoms with Crippen LogP contribution in [0.25, 0.3) is 9.69 Å². The summed E-state index contributed by atoms with van der Waals surface area (Å²) in [6.07, 6.45) is -4.83. The zero-order valence-corrected chi connectivity index (χ0v) is 16.9. The first-order valence-electron chi connectivity index (χ1n) is 8.87. The van der Waals surface area contributed by atoms with Gasteiger partial charge in [0.25, 0.3) is 5.82 Å². The van der Waals surface area contributed by atoms with Crippen molar-refractivity contribution in [2.45, 2.75) is 22.8 Å². The Hall–Kier alpha value is -3.23. The monoisotopic (exact) mass is 468 g/mol. The summed E-state index contributed by atoms with van der Waals surface area (Å²) in [6.45, 7) is 12.0. The lowest BCUT2D eigenvalue weighted by atomic mass is 10.0. The zero-order valence-electron chi connectivity index (χ0n) is 16.1. The molecule has 0 saturated carbocycles. The van der Waals surface area contributed by atoms with Crippen LogP contribution in [0.3, 0.4) is 0 Å². The highest BCUT2D eigenvalue weighted by molar-refractivity contribution is 7.89. The Labute approximate surface area is 181 Å². The van der Waals surface area contributed by atoms with Gasteiger partial charge in [0, 0.05) is 12.1 Å². The van der Waals surface area contributed by atoms with Crippen molar-refractivity contribution in [2.75, 3.05) is 19.7 Å². The Morgan fingerprint density at radius 2 is 1.97 bits per heavy atom. The highest BCUT2D eigenvalue weighted by Gasteiger charge is 2.51. The lowest BCUT2D eigenvalue weighted by molar-refractivity contribution is -0.137. The van der Waals surface area contributed by atoms with Crippen molar-refractivity contribution < 1.29 is 36.5 Å². The third kappa shape index (κ3) is 4.37. The summed E-state index contributed by atoms with van der Waals surface area (Å²) in [5, 5.41) is 20.4. The number of aliphatic hydroxyl groups is 2. The van der Waals surface area contributed by atoms with Crippen LogP contribution in [0.4, 0.5) is 24.7 Å². The van der Waals surface area contributed by atoms with Gasteiger partial charge in [-0.3, -0.25) is 0 Å². The number of pyridine rings is 1. The van der Waals surface area contributed by atoms with E-state index in [0.29, 0.717) is 18.2 Å². The summed E-state index contributed by atoms with van der Waals surface area (Å²) in [4.78, 5) is 9.16. The average molecular weight is 468 g/mol. The highest BCUT2D eigenvalue weighted by atomic mass is 32.2. The van der Waals surface area contributed by atoms with Crippen LogP contribution in [-0.2, 0) is 16.2 Å². The second kappa shape index (κ2) is 8.37. The molecule has 1 aliphatic rings.